The SMILES string of the molecule is CC(C)(C)c1ccnc(-c2[c-]cc3c4c2Oc2ccccc2B4c2ccccc2O3)c1.Cc1ccc(-c2[c-]cccc2)nc1.[Ir]. The predicted molar refractivity (Wildman–Crippen MR) is 178 cm³/mol. The molecule has 45 heavy (non-hydrogen) atoms. The summed E-state index contributed by atoms with van der Waals surface area (Å²) in [6.45, 7) is 8.71. The Morgan fingerprint density at radius 2 is 1.42 bits per heavy atom. The Morgan fingerprint density at radius 3 is 2.09 bits per heavy atom. The average molecular weight is 763 g/mol. The second-order valence-corrected chi connectivity index (χ2v) is 12.2. The van der Waals surface area contributed by atoms with Gasteiger partial charge in [-0.2, -0.15) is 0 Å². The standard InChI is InChI=1S/C27H21BNO2.C12H10N.Ir/c1-27(2,3)17-14-15-29-21(16-17)18-12-13-24-25-26(18)31-23-11-7-5-9-20(23)28(25)19-8-4-6-10-22(19)30-24;1-10-7-8-12(13-9-10)11-5-3-2-4-6-11;/h4-11,13-16H,1-3H3;2-5,7-9H,1H3;/q2*-1;. The van der Waals surface area contributed by atoms with Crippen molar-refractivity contribution in [2.45, 2.75) is 33.1 Å². The number of aromatic nitrogens is 2. The molecule has 2 aliphatic heterocycles. The Morgan fingerprint density at radius 1 is 0.711 bits per heavy atom. The van der Waals surface area contributed by atoms with Gasteiger partial charge in [0.25, 0.3) is 0 Å². The normalized spacial score (nSPS) is 12.1. The van der Waals surface area contributed by atoms with E-state index in [1.54, 1.807) is 0 Å². The van der Waals surface area contributed by atoms with Crippen molar-refractivity contribution in [1.29, 1.82) is 0 Å². The number of aryl methyl sites for hydroxylation is 1. The Hall–Kier alpha value is -4.51. The largest absolute Gasteiger partial charge is 0.503 e. The van der Waals surface area contributed by atoms with Crippen LogP contribution in [0, 0.1) is 19.1 Å². The molecule has 0 spiro atoms. The van der Waals surface area contributed by atoms with E-state index in [0.717, 1.165) is 61.9 Å². The van der Waals surface area contributed by atoms with E-state index in [-0.39, 0.29) is 32.2 Å². The Balaban J connectivity index is 0.000000215. The van der Waals surface area contributed by atoms with Gasteiger partial charge in [0.05, 0.1) is 0 Å². The van der Waals surface area contributed by atoms with Crippen LogP contribution in [0.2, 0.25) is 0 Å². The Bertz CT molecular complexity index is 1960. The van der Waals surface area contributed by atoms with Gasteiger partial charge < -0.3 is 19.4 Å². The topological polar surface area (TPSA) is 44.2 Å². The molecule has 6 heteroatoms. The molecule has 0 unspecified atom stereocenters. The van der Waals surface area contributed by atoms with Crippen LogP contribution in [0.4, 0.5) is 0 Å². The van der Waals surface area contributed by atoms with Gasteiger partial charge in [0.2, 0.25) is 6.71 Å². The van der Waals surface area contributed by atoms with Gasteiger partial charge in [0, 0.05) is 44.0 Å². The molecule has 223 valence electrons. The van der Waals surface area contributed by atoms with Gasteiger partial charge in [-0.1, -0.05) is 86.4 Å². The summed E-state index contributed by atoms with van der Waals surface area (Å²) in [5, 5.41) is 0. The minimum absolute atomic E-state index is 0. The van der Waals surface area contributed by atoms with Gasteiger partial charge in [-0.3, -0.25) is 0 Å². The third-order valence-electron chi connectivity index (χ3n) is 8.04. The number of fused-ring (bicyclic) bond motifs is 4. The number of rotatable bonds is 2. The molecular formula is C39H31BIrN2O2-2. The van der Waals surface area contributed by atoms with Crippen LogP contribution < -0.4 is 25.9 Å². The van der Waals surface area contributed by atoms with Gasteiger partial charge >= 0.3 is 0 Å². The molecule has 0 saturated carbocycles. The summed E-state index contributed by atoms with van der Waals surface area (Å²) in [4.78, 5) is 9.00. The molecule has 2 aliphatic rings. The molecular weight excluding hydrogens is 731 g/mol. The summed E-state index contributed by atoms with van der Waals surface area (Å²) < 4.78 is 12.8. The predicted octanol–water partition coefficient (Wildman–Crippen LogP) is 7.43. The zero-order valence-electron chi connectivity index (χ0n) is 25.6. The van der Waals surface area contributed by atoms with Crippen molar-refractivity contribution in [2.75, 3.05) is 0 Å². The van der Waals surface area contributed by atoms with Crippen molar-refractivity contribution in [3.8, 4) is 45.5 Å². The summed E-state index contributed by atoms with van der Waals surface area (Å²) in [6, 6.07) is 41.1. The minimum Gasteiger partial charge on any atom is -0.503 e. The monoisotopic (exact) mass is 763 g/mol. The number of nitrogens with zero attached hydrogens (tertiary/aromatic N) is 2. The summed E-state index contributed by atoms with van der Waals surface area (Å²) >= 11 is 0. The Kier molecular flexibility index (Phi) is 8.46. The zero-order chi connectivity index (χ0) is 30.3. The van der Waals surface area contributed by atoms with Crippen molar-refractivity contribution >= 4 is 23.1 Å². The molecule has 4 aromatic carbocycles. The molecule has 0 fully saturated rings. The average Bonchev–Trinajstić information content (AvgIpc) is 3.05. The van der Waals surface area contributed by atoms with Crippen LogP contribution in [0.3, 0.4) is 0 Å². The number of ether oxygens (including phenoxy) is 2. The summed E-state index contributed by atoms with van der Waals surface area (Å²) in [5.41, 5.74) is 9.55. The third kappa shape index (κ3) is 5.96. The second kappa shape index (κ2) is 12.5. The molecule has 1 radical (unpaired) electrons. The first-order chi connectivity index (χ1) is 21.4. The molecule has 0 aliphatic carbocycles. The van der Waals surface area contributed by atoms with Crippen LogP contribution in [0.15, 0.2) is 116 Å². The van der Waals surface area contributed by atoms with Gasteiger partial charge in [-0.05, 0) is 64.0 Å². The van der Waals surface area contributed by atoms with Crippen LogP contribution in [0.5, 0.6) is 23.0 Å². The van der Waals surface area contributed by atoms with E-state index < -0.39 is 0 Å². The molecule has 2 aromatic heterocycles. The number of para-hydroxylation sites is 2. The fourth-order valence-corrected chi connectivity index (χ4v) is 5.73. The minimum atomic E-state index is 0. The smallest absolute Gasteiger partial charge is 0.239 e. The number of hydrogen-bond acceptors (Lipinski definition) is 4. The summed E-state index contributed by atoms with van der Waals surface area (Å²) in [6.07, 6.45) is 3.74. The van der Waals surface area contributed by atoms with Crippen molar-refractivity contribution in [2.24, 2.45) is 0 Å². The molecule has 0 saturated heterocycles. The number of pyridine rings is 2. The quantitative estimate of drug-likeness (QED) is 0.136. The molecule has 0 N–H and O–H groups in total. The maximum absolute atomic E-state index is 6.50. The summed E-state index contributed by atoms with van der Waals surface area (Å²) in [5.74, 6) is 3.34. The van der Waals surface area contributed by atoms with E-state index in [1.807, 2.05) is 80.0 Å². The van der Waals surface area contributed by atoms with Gasteiger partial charge in [0.1, 0.15) is 11.5 Å². The van der Waals surface area contributed by atoms with E-state index in [1.165, 1.54) is 11.1 Å². The molecule has 8 rings (SSSR count). The maximum Gasteiger partial charge on any atom is 0.239 e. The van der Waals surface area contributed by atoms with Crippen LogP contribution in [0.1, 0.15) is 31.9 Å². The fraction of sp³-hybridized carbons (Fsp3) is 0.128. The van der Waals surface area contributed by atoms with Crippen LogP contribution in [-0.4, -0.2) is 16.7 Å². The number of benzene rings is 4. The second-order valence-electron chi connectivity index (χ2n) is 12.2. The van der Waals surface area contributed by atoms with Crippen LogP contribution in [0.25, 0.3) is 22.5 Å². The van der Waals surface area contributed by atoms with Crippen molar-refractivity contribution in [3.63, 3.8) is 0 Å². The van der Waals surface area contributed by atoms with E-state index >= 15 is 0 Å². The molecule has 4 nitrogen and oxygen atoms in total. The Labute approximate surface area is 279 Å². The maximum atomic E-state index is 6.50. The molecule has 0 atom stereocenters. The summed E-state index contributed by atoms with van der Waals surface area (Å²) in [7, 11) is 0. The van der Waals surface area contributed by atoms with Gasteiger partial charge in [-0.25, -0.2) is 0 Å². The van der Waals surface area contributed by atoms with Gasteiger partial charge in [-0.15, -0.1) is 48.0 Å². The third-order valence-corrected chi connectivity index (χ3v) is 8.04. The fourth-order valence-electron chi connectivity index (χ4n) is 5.73. The molecule has 6 aromatic rings. The zero-order valence-corrected chi connectivity index (χ0v) is 28.0. The van der Waals surface area contributed by atoms with E-state index in [9.17, 15) is 0 Å². The molecule has 0 bridgehead atoms. The number of hydrogen-bond donors (Lipinski definition) is 0. The first kappa shape index (κ1) is 30.5. The van der Waals surface area contributed by atoms with E-state index in [4.69, 9.17) is 9.47 Å². The van der Waals surface area contributed by atoms with Crippen LogP contribution in [-0.2, 0) is 25.5 Å². The van der Waals surface area contributed by atoms with Gasteiger partial charge in [0.15, 0.2) is 0 Å². The van der Waals surface area contributed by atoms with E-state index in [0.29, 0.717) is 0 Å². The molecule has 4 heterocycles. The first-order valence-electron chi connectivity index (χ1n) is 14.9. The van der Waals surface area contributed by atoms with Crippen molar-refractivity contribution in [1.82, 2.24) is 9.97 Å². The van der Waals surface area contributed by atoms with E-state index in [2.05, 4.69) is 85.3 Å². The van der Waals surface area contributed by atoms with Crippen LogP contribution >= 0.6 is 0 Å². The van der Waals surface area contributed by atoms with Crippen molar-refractivity contribution < 1.29 is 29.6 Å². The van der Waals surface area contributed by atoms with Crippen molar-refractivity contribution in [3.05, 3.63) is 139 Å². The first-order valence-corrected chi connectivity index (χ1v) is 14.9. The molecule has 0 amide bonds.